The average molecular weight is 173 g/mol. The second-order valence-electron chi connectivity index (χ2n) is 2.71. The highest BCUT2D eigenvalue weighted by atomic mass is 16.5. The summed E-state index contributed by atoms with van der Waals surface area (Å²) in [5.41, 5.74) is 0.306. The van der Waals surface area contributed by atoms with E-state index in [-0.39, 0.29) is 0 Å². The lowest BCUT2D eigenvalue weighted by Gasteiger charge is -2.37. The fourth-order valence-electron chi connectivity index (χ4n) is 1.45. The van der Waals surface area contributed by atoms with Gasteiger partial charge >= 0.3 is 0 Å². The highest BCUT2D eigenvalue weighted by Gasteiger charge is 2.40. The average Bonchev–Trinajstić information content (AvgIpc) is 2.59. The van der Waals surface area contributed by atoms with Gasteiger partial charge in [0.05, 0.1) is 12.2 Å². The Labute approximate surface area is 76.7 Å². The smallest absolute Gasteiger partial charge is 0.0840 e. The summed E-state index contributed by atoms with van der Waals surface area (Å²) in [5.74, 6) is 0. The van der Waals surface area contributed by atoms with Crippen molar-refractivity contribution in [2.24, 2.45) is 0 Å². The maximum atomic E-state index is 5.42. The number of nitrogens with one attached hydrogen (secondary N) is 1. The van der Waals surface area contributed by atoms with Crippen LogP contribution in [0, 0.1) is 0 Å². The fourth-order valence-corrected chi connectivity index (χ4v) is 1.45. The molecular formula is C10H23NO. The van der Waals surface area contributed by atoms with Crippen LogP contribution < -0.4 is 5.32 Å². The number of hydrogen-bond donors (Lipinski definition) is 1. The number of hydrogen-bond acceptors (Lipinski definition) is 2. The Balaban J connectivity index is 0.000000269. The van der Waals surface area contributed by atoms with E-state index in [9.17, 15) is 0 Å². The molecule has 2 heteroatoms. The third kappa shape index (κ3) is 2.76. The van der Waals surface area contributed by atoms with Crippen LogP contribution in [0.1, 0.15) is 40.5 Å². The van der Waals surface area contributed by atoms with Crippen LogP contribution >= 0.6 is 0 Å². The second kappa shape index (κ2) is 6.44. The SMILES string of the molecule is C1CC2(CCO2)CN1.CC.CC. The summed E-state index contributed by atoms with van der Waals surface area (Å²) >= 11 is 0. The predicted octanol–water partition coefficient (Wildman–Crippen LogP) is 2.19. The largest absolute Gasteiger partial charge is 0.373 e. The van der Waals surface area contributed by atoms with Crippen molar-refractivity contribution in [3.63, 3.8) is 0 Å². The molecule has 2 heterocycles. The lowest BCUT2D eigenvalue weighted by Crippen LogP contribution is -2.45. The molecule has 0 aromatic rings. The molecule has 74 valence electrons. The fraction of sp³-hybridized carbons (Fsp3) is 1.00. The van der Waals surface area contributed by atoms with E-state index in [4.69, 9.17) is 4.74 Å². The molecule has 2 aliphatic rings. The molecule has 2 fully saturated rings. The quantitative estimate of drug-likeness (QED) is 0.606. The lowest BCUT2D eigenvalue weighted by atomic mass is 9.94. The van der Waals surface area contributed by atoms with Gasteiger partial charge in [-0.1, -0.05) is 27.7 Å². The van der Waals surface area contributed by atoms with E-state index >= 15 is 0 Å². The van der Waals surface area contributed by atoms with Crippen molar-refractivity contribution in [1.82, 2.24) is 5.32 Å². The molecule has 1 spiro atoms. The second-order valence-corrected chi connectivity index (χ2v) is 2.71. The summed E-state index contributed by atoms with van der Waals surface area (Å²) in [6.45, 7) is 11.2. The van der Waals surface area contributed by atoms with Crippen LogP contribution in [-0.2, 0) is 4.74 Å². The van der Waals surface area contributed by atoms with Gasteiger partial charge in [-0.3, -0.25) is 0 Å². The zero-order valence-electron chi connectivity index (χ0n) is 8.94. The van der Waals surface area contributed by atoms with E-state index in [1.807, 2.05) is 27.7 Å². The summed E-state index contributed by atoms with van der Waals surface area (Å²) in [7, 11) is 0. The van der Waals surface area contributed by atoms with Crippen LogP contribution in [0.25, 0.3) is 0 Å². The van der Waals surface area contributed by atoms with Crippen molar-refractivity contribution in [1.29, 1.82) is 0 Å². The Hall–Kier alpha value is -0.0800. The molecule has 1 N–H and O–H groups in total. The van der Waals surface area contributed by atoms with Gasteiger partial charge in [-0.2, -0.15) is 0 Å². The van der Waals surface area contributed by atoms with Crippen molar-refractivity contribution in [3.05, 3.63) is 0 Å². The number of ether oxygens (including phenoxy) is 1. The zero-order chi connectivity index (χ0) is 9.45. The summed E-state index contributed by atoms with van der Waals surface area (Å²) < 4.78 is 5.42. The van der Waals surface area contributed by atoms with Crippen LogP contribution in [0.2, 0.25) is 0 Å². The Morgan fingerprint density at radius 1 is 1.08 bits per heavy atom. The first-order chi connectivity index (χ1) is 5.91. The predicted molar refractivity (Wildman–Crippen MR) is 53.5 cm³/mol. The first kappa shape index (κ1) is 11.9. The maximum Gasteiger partial charge on any atom is 0.0840 e. The van der Waals surface area contributed by atoms with Gasteiger partial charge in [-0.25, -0.2) is 0 Å². The summed E-state index contributed by atoms with van der Waals surface area (Å²) in [5, 5.41) is 3.29. The Morgan fingerprint density at radius 3 is 1.83 bits per heavy atom. The van der Waals surface area contributed by atoms with E-state index < -0.39 is 0 Å². The third-order valence-electron chi connectivity index (χ3n) is 2.17. The molecule has 0 saturated carbocycles. The molecule has 1 atom stereocenters. The standard InChI is InChI=1S/C6H11NO.2C2H6/c1-3-7-5-6(1)2-4-8-6;2*1-2/h7H,1-5H2;2*1-2H3. The molecular weight excluding hydrogens is 150 g/mol. The van der Waals surface area contributed by atoms with Crippen LogP contribution in [0.4, 0.5) is 0 Å². The van der Waals surface area contributed by atoms with Crippen LogP contribution in [0.15, 0.2) is 0 Å². The molecule has 2 aliphatic heterocycles. The highest BCUT2D eigenvalue weighted by Crippen LogP contribution is 2.31. The van der Waals surface area contributed by atoms with Crippen molar-refractivity contribution < 1.29 is 4.74 Å². The van der Waals surface area contributed by atoms with Crippen LogP contribution in [0.3, 0.4) is 0 Å². The molecule has 2 saturated heterocycles. The summed E-state index contributed by atoms with van der Waals surface area (Å²) in [6.07, 6.45) is 2.51. The molecule has 0 aliphatic carbocycles. The molecule has 12 heavy (non-hydrogen) atoms. The van der Waals surface area contributed by atoms with Gasteiger partial charge in [-0.15, -0.1) is 0 Å². The van der Waals surface area contributed by atoms with E-state index in [2.05, 4.69) is 5.32 Å². The first-order valence-corrected chi connectivity index (χ1v) is 5.26. The van der Waals surface area contributed by atoms with Gasteiger partial charge in [-0.05, 0) is 13.0 Å². The van der Waals surface area contributed by atoms with E-state index in [0.717, 1.165) is 19.7 Å². The van der Waals surface area contributed by atoms with Crippen molar-refractivity contribution in [3.8, 4) is 0 Å². The van der Waals surface area contributed by atoms with E-state index in [1.54, 1.807) is 0 Å². The van der Waals surface area contributed by atoms with Gasteiger partial charge in [0.2, 0.25) is 0 Å². The number of rotatable bonds is 0. The van der Waals surface area contributed by atoms with Gasteiger partial charge < -0.3 is 10.1 Å². The molecule has 2 rings (SSSR count). The monoisotopic (exact) mass is 173 g/mol. The Kier molecular flexibility index (Phi) is 6.39. The molecule has 0 bridgehead atoms. The van der Waals surface area contributed by atoms with Gasteiger partial charge in [0.25, 0.3) is 0 Å². The van der Waals surface area contributed by atoms with Crippen molar-refractivity contribution in [2.45, 2.75) is 46.1 Å². The first-order valence-electron chi connectivity index (χ1n) is 5.26. The normalized spacial score (nSPS) is 31.0. The Morgan fingerprint density at radius 2 is 1.67 bits per heavy atom. The maximum absolute atomic E-state index is 5.42. The zero-order valence-corrected chi connectivity index (χ0v) is 8.94. The molecule has 2 nitrogen and oxygen atoms in total. The lowest BCUT2D eigenvalue weighted by molar-refractivity contribution is -0.131. The minimum absolute atomic E-state index is 0.306. The van der Waals surface area contributed by atoms with E-state index in [0.29, 0.717) is 5.60 Å². The van der Waals surface area contributed by atoms with Crippen LogP contribution in [0.5, 0.6) is 0 Å². The Bertz CT molecular complexity index is 92.0. The van der Waals surface area contributed by atoms with Crippen LogP contribution in [-0.4, -0.2) is 25.3 Å². The summed E-state index contributed by atoms with van der Waals surface area (Å²) in [4.78, 5) is 0. The van der Waals surface area contributed by atoms with Gasteiger partial charge in [0, 0.05) is 13.0 Å². The van der Waals surface area contributed by atoms with E-state index in [1.165, 1.54) is 12.8 Å². The highest BCUT2D eigenvalue weighted by molar-refractivity contribution is 4.94. The summed E-state index contributed by atoms with van der Waals surface area (Å²) in [6, 6.07) is 0. The minimum atomic E-state index is 0.306. The molecule has 0 aromatic heterocycles. The van der Waals surface area contributed by atoms with Crippen molar-refractivity contribution >= 4 is 0 Å². The van der Waals surface area contributed by atoms with Crippen molar-refractivity contribution in [2.75, 3.05) is 19.7 Å². The van der Waals surface area contributed by atoms with Gasteiger partial charge in [0.1, 0.15) is 0 Å². The molecule has 1 unspecified atom stereocenters. The third-order valence-corrected chi connectivity index (χ3v) is 2.17. The van der Waals surface area contributed by atoms with Gasteiger partial charge in [0.15, 0.2) is 0 Å². The molecule has 0 amide bonds. The minimum Gasteiger partial charge on any atom is -0.373 e. The molecule has 0 aromatic carbocycles. The topological polar surface area (TPSA) is 21.3 Å². The molecule has 0 radical (unpaired) electrons.